The van der Waals surface area contributed by atoms with Crippen molar-refractivity contribution < 1.29 is 0 Å². The summed E-state index contributed by atoms with van der Waals surface area (Å²) >= 11 is 0. The van der Waals surface area contributed by atoms with Gasteiger partial charge >= 0.3 is 23.1 Å². The van der Waals surface area contributed by atoms with Crippen LogP contribution in [0, 0.1) is 6.92 Å². The van der Waals surface area contributed by atoms with Gasteiger partial charge in [-0.2, -0.15) is 0 Å². The summed E-state index contributed by atoms with van der Waals surface area (Å²) in [6, 6.07) is 7.90. The molecule has 0 heterocycles. The van der Waals surface area contributed by atoms with Gasteiger partial charge in [-0.25, -0.2) is 0 Å². The van der Waals surface area contributed by atoms with E-state index >= 15 is 0 Å². The van der Waals surface area contributed by atoms with Crippen LogP contribution in [0.5, 0.6) is 0 Å². The Bertz CT molecular complexity index is 198. The van der Waals surface area contributed by atoms with Gasteiger partial charge in [0.05, 0.1) is 0 Å². The van der Waals surface area contributed by atoms with Crippen molar-refractivity contribution in [3.05, 3.63) is 42.3 Å². The maximum absolute atomic E-state index is 5.39. The zero-order valence-corrected chi connectivity index (χ0v) is 5.30. The van der Waals surface area contributed by atoms with E-state index in [-0.39, 0.29) is 23.1 Å². The summed E-state index contributed by atoms with van der Waals surface area (Å²) in [5.41, 5.74) is 7.56. The van der Waals surface area contributed by atoms with Gasteiger partial charge in [0.2, 0.25) is 0 Å². The van der Waals surface area contributed by atoms with Crippen LogP contribution in [0.4, 0.5) is 0 Å². The second kappa shape index (κ2) is 4.71. The molecule has 0 saturated heterocycles. The molecule has 0 aliphatic heterocycles. The molecule has 10 heavy (non-hydrogen) atoms. The minimum absolute atomic E-state index is 0. The highest BCUT2D eigenvalue weighted by Crippen LogP contribution is 2.01. The molecule has 0 aromatic heterocycles. The first-order valence-electron chi connectivity index (χ1n) is 2.94. The molecule has 0 aliphatic rings. The third kappa shape index (κ3) is 2.69. The average molecular weight is 146 g/mol. The van der Waals surface area contributed by atoms with Crippen LogP contribution in [0.25, 0.3) is 0 Å². The lowest BCUT2D eigenvalue weighted by molar-refractivity contribution is 1.07. The monoisotopic (exact) mass is 146 g/mol. The molecular formula is C8H12MgN. The molecule has 0 spiro atoms. The molecule has 1 aromatic carbocycles. The number of benzene rings is 1. The van der Waals surface area contributed by atoms with E-state index in [1.165, 1.54) is 0 Å². The van der Waals surface area contributed by atoms with Gasteiger partial charge in [-0.15, -0.1) is 0 Å². The first-order chi connectivity index (χ1) is 4.33. The number of hydrogen-bond acceptors (Lipinski definition) is 1. The lowest BCUT2D eigenvalue weighted by Crippen LogP contribution is -1.95. The second-order valence-electron chi connectivity index (χ2n) is 2.02. The Hall–Kier alpha value is -0.0538. The molecule has 51 valence electrons. The van der Waals surface area contributed by atoms with Gasteiger partial charge in [0.15, 0.2) is 0 Å². The Labute approximate surface area is 77.8 Å². The van der Waals surface area contributed by atoms with Crippen LogP contribution in [-0.2, 0) is 6.54 Å². The fourth-order valence-corrected chi connectivity index (χ4v) is 0.757. The third-order valence-electron chi connectivity index (χ3n) is 1.23. The fraction of sp³-hybridized carbons (Fsp3) is 0.125. The molecular weight excluding hydrogens is 134 g/mol. The molecule has 2 heteroatoms. The Kier molecular flexibility index (Phi) is 4.69. The lowest BCUT2D eigenvalue weighted by atomic mass is 10.1. The van der Waals surface area contributed by atoms with Crippen LogP contribution in [-0.4, -0.2) is 23.1 Å². The first-order valence-corrected chi connectivity index (χ1v) is 2.94. The highest BCUT2D eigenvalue weighted by Gasteiger charge is 1.86. The van der Waals surface area contributed by atoms with E-state index in [0.717, 1.165) is 11.1 Å². The molecule has 1 rings (SSSR count). The summed E-state index contributed by atoms with van der Waals surface area (Å²) in [7, 11) is 0. The van der Waals surface area contributed by atoms with Gasteiger partial charge in [-0.05, 0) is 18.1 Å². The summed E-state index contributed by atoms with van der Waals surface area (Å²) < 4.78 is 0. The van der Waals surface area contributed by atoms with Crippen molar-refractivity contribution in [2.75, 3.05) is 0 Å². The summed E-state index contributed by atoms with van der Waals surface area (Å²) in [5.74, 6) is 0. The van der Waals surface area contributed by atoms with Gasteiger partial charge in [0.1, 0.15) is 0 Å². The zero-order valence-electron chi connectivity index (χ0n) is 5.30. The molecule has 0 aliphatic carbocycles. The SMILES string of the molecule is [CH2]c1cccc(CN)c1.[MgH2]. The van der Waals surface area contributed by atoms with Crippen LogP contribution < -0.4 is 5.73 Å². The average Bonchev–Trinajstić information content (AvgIpc) is 1.88. The predicted octanol–water partition coefficient (Wildman–Crippen LogP) is 0.411. The summed E-state index contributed by atoms with van der Waals surface area (Å²) in [6.45, 7) is 4.37. The molecule has 0 bridgehead atoms. The molecule has 0 amide bonds. The van der Waals surface area contributed by atoms with Crippen molar-refractivity contribution in [1.82, 2.24) is 0 Å². The van der Waals surface area contributed by atoms with Crippen LogP contribution in [0.15, 0.2) is 24.3 Å². The number of rotatable bonds is 1. The Balaban J connectivity index is 0.000000810. The minimum atomic E-state index is 0. The van der Waals surface area contributed by atoms with Crippen molar-refractivity contribution in [2.45, 2.75) is 6.54 Å². The predicted molar refractivity (Wildman–Crippen MR) is 47.3 cm³/mol. The Morgan fingerprint density at radius 2 is 2.10 bits per heavy atom. The molecule has 0 saturated carbocycles. The summed E-state index contributed by atoms with van der Waals surface area (Å²) in [4.78, 5) is 0. The number of hydrogen-bond donors (Lipinski definition) is 1. The molecule has 0 unspecified atom stereocenters. The van der Waals surface area contributed by atoms with Gasteiger partial charge in [-0.1, -0.05) is 24.3 Å². The van der Waals surface area contributed by atoms with Gasteiger partial charge in [-0.3, -0.25) is 0 Å². The Morgan fingerprint density at radius 1 is 1.40 bits per heavy atom. The Morgan fingerprint density at radius 3 is 2.50 bits per heavy atom. The zero-order chi connectivity index (χ0) is 6.69. The van der Waals surface area contributed by atoms with Crippen LogP contribution in [0.1, 0.15) is 11.1 Å². The maximum Gasteiger partial charge on any atom is 0.316 e. The quantitative estimate of drug-likeness (QED) is 0.571. The first kappa shape index (κ1) is 9.95. The van der Waals surface area contributed by atoms with Crippen molar-refractivity contribution in [3.63, 3.8) is 0 Å². The molecule has 0 fully saturated rings. The van der Waals surface area contributed by atoms with E-state index < -0.39 is 0 Å². The van der Waals surface area contributed by atoms with Gasteiger partial charge in [0, 0.05) is 6.54 Å². The van der Waals surface area contributed by atoms with E-state index in [2.05, 4.69) is 6.92 Å². The van der Waals surface area contributed by atoms with Crippen molar-refractivity contribution in [1.29, 1.82) is 0 Å². The van der Waals surface area contributed by atoms with E-state index in [1.54, 1.807) is 0 Å². The smallest absolute Gasteiger partial charge is 0.316 e. The number of nitrogens with two attached hydrogens (primary N) is 1. The van der Waals surface area contributed by atoms with E-state index in [0.29, 0.717) is 6.54 Å². The van der Waals surface area contributed by atoms with Crippen LogP contribution >= 0.6 is 0 Å². The van der Waals surface area contributed by atoms with E-state index in [9.17, 15) is 0 Å². The third-order valence-corrected chi connectivity index (χ3v) is 1.23. The topological polar surface area (TPSA) is 26.0 Å². The summed E-state index contributed by atoms with van der Waals surface area (Å²) in [6.07, 6.45) is 0. The summed E-state index contributed by atoms with van der Waals surface area (Å²) in [5, 5.41) is 0. The van der Waals surface area contributed by atoms with E-state index in [1.807, 2.05) is 24.3 Å². The molecule has 1 nitrogen and oxygen atoms in total. The highest BCUT2D eigenvalue weighted by molar-refractivity contribution is 5.75. The maximum atomic E-state index is 5.39. The molecule has 0 atom stereocenters. The highest BCUT2D eigenvalue weighted by atomic mass is 24.3. The van der Waals surface area contributed by atoms with Crippen LogP contribution in [0.3, 0.4) is 0 Å². The van der Waals surface area contributed by atoms with Crippen molar-refractivity contribution >= 4 is 23.1 Å². The molecule has 1 aromatic rings. The van der Waals surface area contributed by atoms with Gasteiger partial charge < -0.3 is 5.73 Å². The lowest BCUT2D eigenvalue weighted by Gasteiger charge is -1.95. The van der Waals surface area contributed by atoms with Crippen molar-refractivity contribution in [2.24, 2.45) is 5.73 Å². The molecule has 1 radical (unpaired) electrons. The fourth-order valence-electron chi connectivity index (χ4n) is 0.757. The minimum Gasteiger partial charge on any atom is -0.326 e. The molecule has 2 N–H and O–H groups in total. The van der Waals surface area contributed by atoms with Crippen molar-refractivity contribution in [3.8, 4) is 0 Å². The largest absolute Gasteiger partial charge is 0.326 e. The van der Waals surface area contributed by atoms with E-state index in [4.69, 9.17) is 5.73 Å². The normalized spacial score (nSPS) is 8.60. The van der Waals surface area contributed by atoms with Crippen LogP contribution in [0.2, 0.25) is 0 Å². The standard InChI is InChI=1S/C8H10N.Mg.2H/c1-7-3-2-4-8(5-7)6-9;;;/h2-5H,1,6,9H2;;;. The second-order valence-corrected chi connectivity index (χ2v) is 2.02. The van der Waals surface area contributed by atoms with Gasteiger partial charge in [0.25, 0.3) is 0 Å².